The van der Waals surface area contributed by atoms with Crippen molar-refractivity contribution in [2.45, 2.75) is 105 Å². The fraction of sp³-hybridized carbons (Fsp3) is 0.371. The molecule has 14 heteroatoms. The zero-order chi connectivity index (χ0) is 54.6. The Labute approximate surface area is 460 Å². The van der Waals surface area contributed by atoms with Crippen molar-refractivity contribution in [3.8, 4) is 22.3 Å². The lowest BCUT2D eigenvalue weighted by Crippen LogP contribution is -2.41. The van der Waals surface area contributed by atoms with E-state index in [2.05, 4.69) is 0 Å². The zero-order valence-electron chi connectivity index (χ0n) is 44.7. The lowest BCUT2D eigenvalue weighted by Gasteiger charge is -2.31. The first kappa shape index (κ1) is 62.7. The van der Waals surface area contributed by atoms with Crippen molar-refractivity contribution < 1.29 is 46.8 Å². The van der Waals surface area contributed by atoms with Crippen molar-refractivity contribution in [2.75, 3.05) is 26.4 Å². The predicted octanol–water partition coefficient (Wildman–Crippen LogP) is 14.0. The summed E-state index contributed by atoms with van der Waals surface area (Å²) in [5.41, 5.74) is 10.0. The van der Waals surface area contributed by atoms with Gasteiger partial charge in [0.15, 0.2) is 0 Å². The Morgan fingerprint density at radius 3 is 1.37 bits per heavy atom. The van der Waals surface area contributed by atoms with Crippen LogP contribution in [0.4, 0.5) is 8.78 Å². The second-order valence-electron chi connectivity index (χ2n) is 20.4. The summed E-state index contributed by atoms with van der Waals surface area (Å²) in [6.45, 7) is 14.6. The third-order valence-electron chi connectivity index (χ3n) is 12.4. The highest BCUT2D eigenvalue weighted by molar-refractivity contribution is 6.31. The van der Waals surface area contributed by atoms with Crippen LogP contribution < -0.4 is 5.73 Å². The molecule has 76 heavy (non-hydrogen) atoms. The molecule has 0 heterocycles. The van der Waals surface area contributed by atoms with Gasteiger partial charge >= 0.3 is 17.9 Å². The number of halogens is 4. The molecule has 0 aliphatic rings. The predicted molar refractivity (Wildman–Crippen MR) is 300 cm³/mol. The summed E-state index contributed by atoms with van der Waals surface area (Å²) >= 11 is 12.1. The highest BCUT2D eigenvalue weighted by Crippen LogP contribution is 2.35. The number of rotatable bonds is 24. The lowest BCUT2D eigenvalue weighted by atomic mass is 9.78. The van der Waals surface area contributed by atoms with Crippen LogP contribution >= 0.6 is 23.2 Å². The normalized spacial score (nSPS) is 13.6. The van der Waals surface area contributed by atoms with Crippen LogP contribution in [0.1, 0.15) is 90.0 Å². The minimum absolute atomic E-state index is 0. The summed E-state index contributed by atoms with van der Waals surface area (Å²) in [6.07, 6.45) is 1.95. The van der Waals surface area contributed by atoms with Crippen LogP contribution in [0.5, 0.6) is 0 Å². The topological polar surface area (TPSA) is 123 Å². The molecule has 0 bridgehead atoms. The van der Waals surface area contributed by atoms with Gasteiger partial charge in [-0.2, -0.15) is 0 Å². The summed E-state index contributed by atoms with van der Waals surface area (Å²) in [4.78, 5) is 39.4. The highest BCUT2D eigenvalue weighted by Gasteiger charge is 2.39. The van der Waals surface area contributed by atoms with Gasteiger partial charge in [0, 0.05) is 55.3 Å². The molecule has 4 atom stereocenters. The number of hydrogen-bond donors (Lipinski definition) is 1. The molecule has 0 aliphatic heterocycles. The van der Waals surface area contributed by atoms with Crippen molar-refractivity contribution in [3.63, 3.8) is 0 Å². The van der Waals surface area contributed by atoms with Crippen LogP contribution in [0.25, 0.3) is 22.3 Å². The van der Waals surface area contributed by atoms with E-state index < -0.39 is 16.4 Å². The molecule has 2 N–H and O–H groups in total. The summed E-state index contributed by atoms with van der Waals surface area (Å²) in [6, 6.07) is 42.7. The first-order valence-corrected chi connectivity index (χ1v) is 26.1. The van der Waals surface area contributed by atoms with Crippen molar-refractivity contribution in [1.29, 1.82) is 0 Å². The average molecular weight is 1080 g/mol. The van der Waals surface area contributed by atoms with Crippen molar-refractivity contribution in [2.24, 2.45) is 22.5 Å². The third kappa shape index (κ3) is 20.2. The fourth-order valence-corrected chi connectivity index (χ4v) is 9.03. The van der Waals surface area contributed by atoms with E-state index in [9.17, 15) is 23.2 Å². The Bertz CT molecular complexity index is 2750. The van der Waals surface area contributed by atoms with Crippen LogP contribution in [-0.2, 0) is 64.1 Å². The maximum atomic E-state index is 14.4. The monoisotopic (exact) mass is 1080 g/mol. The van der Waals surface area contributed by atoms with Crippen LogP contribution in [0, 0.1) is 28.4 Å². The number of nitrogens with two attached hydrogens (primary N) is 1. The summed E-state index contributed by atoms with van der Waals surface area (Å²) in [5.74, 6) is -1.96. The van der Waals surface area contributed by atoms with Crippen LogP contribution in [0.3, 0.4) is 0 Å². The van der Waals surface area contributed by atoms with Gasteiger partial charge in [-0.1, -0.05) is 132 Å². The van der Waals surface area contributed by atoms with Gasteiger partial charge < -0.3 is 29.4 Å². The molecule has 0 saturated carbocycles. The summed E-state index contributed by atoms with van der Waals surface area (Å²) in [5, 5.41) is 0.936. The Morgan fingerprint density at radius 2 is 0.961 bits per heavy atom. The molecule has 6 aromatic carbocycles. The first-order valence-electron chi connectivity index (χ1n) is 25.3. The number of carbonyl (C=O) groups excluding carboxylic acids is 3. The minimum atomic E-state index is -0.985. The van der Waals surface area contributed by atoms with Gasteiger partial charge in [0.2, 0.25) is 0 Å². The molecule has 6 rings (SSSR count). The Balaban J connectivity index is 0.000000330. The molecule has 0 aromatic heterocycles. The van der Waals surface area contributed by atoms with Crippen molar-refractivity contribution in [3.05, 3.63) is 190 Å². The lowest BCUT2D eigenvalue weighted by molar-refractivity contribution is -0.164. The van der Waals surface area contributed by atoms with E-state index in [0.717, 1.165) is 27.8 Å². The smallest absolute Gasteiger partial charge is 0.314 e. The molecule has 403 valence electrons. The van der Waals surface area contributed by atoms with E-state index in [1.807, 2.05) is 158 Å². The van der Waals surface area contributed by atoms with E-state index in [1.165, 1.54) is 24.3 Å². The number of ether oxygens (including phenoxy) is 5. The van der Waals surface area contributed by atoms with Gasteiger partial charge in [0.25, 0.3) is 0 Å². The highest BCUT2D eigenvalue weighted by atomic mass is 35.5. The van der Waals surface area contributed by atoms with Crippen LogP contribution in [0.2, 0.25) is 10.0 Å². The van der Waals surface area contributed by atoms with E-state index in [0.29, 0.717) is 65.6 Å². The zero-order valence-corrected chi connectivity index (χ0v) is 46.2. The third-order valence-corrected chi connectivity index (χ3v) is 12.9. The second kappa shape index (κ2) is 30.2. The quantitative estimate of drug-likeness (QED) is 0.0358. The van der Waals surface area contributed by atoms with Crippen molar-refractivity contribution in [1.82, 2.24) is 0 Å². The SMILES string of the molecule is CCOC[C@](C)(C[C@H](CC(=O)OC(C)(C)C)Cc1ccc(-c2cc(Cl)ccc2F)cc1)C(=O)OCc1ccccc1.CCOC[C@](C)(C[C@H](N)Cc1ccc(-c2cc(Cl)ccc2F)cc1)C(=O)OCc1ccccc1.[B]. The largest absolute Gasteiger partial charge is 0.460 e. The Kier molecular flexibility index (Phi) is 24.9. The Hall–Kier alpha value is -5.89. The van der Waals surface area contributed by atoms with Gasteiger partial charge in [0.05, 0.1) is 24.0 Å². The van der Waals surface area contributed by atoms with E-state index in [4.69, 9.17) is 52.6 Å². The maximum absolute atomic E-state index is 14.4. The molecule has 0 aliphatic carbocycles. The minimum Gasteiger partial charge on any atom is -0.460 e. The molecule has 3 radical (unpaired) electrons. The summed E-state index contributed by atoms with van der Waals surface area (Å²) < 4.78 is 56.9. The van der Waals surface area contributed by atoms with E-state index in [1.54, 1.807) is 12.1 Å². The molecule has 0 amide bonds. The van der Waals surface area contributed by atoms with Crippen molar-refractivity contribution >= 4 is 49.5 Å². The van der Waals surface area contributed by atoms with Crippen LogP contribution in [0.15, 0.2) is 146 Å². The van der Waals surface area contributed by atoms with Gasteiger partial charge in [-0.25, -0.2) is 8.78 Å². The standard InChI is InChI=1S/C34H40ClFO5.C28H31ClFNO3.B/c1-6-39-23-34(5,32(38)40-22-25-10-8-7-9-11-25)21-26(19-31(37)41-33(2,3)4)18-24-12-14-27(15-13-24)29-20-28(35)16-17-30(29)36;1-3-33-19-28(2,27(32)34-18-21-7-5-4-6-8-21)17-24(31)15-20-9-11-22(12-10-20)25-16-23(29)13-14-26(25)30;/h7-17,20,26H,6,18-19,21-23H2,1-5H3;4-14,16,24H,3,15,17-19,31H2,1-2H3;/t26-,34-;24-,28+;/m01./s1. The fourth-order valence-electron chi connectivity index (χ4n) is 8.69. The molecule has 9 nitrogen and oxygen atoms in total. The van der Waals surface area contributed by atoms with Gasteiger partial charge in [-0.3, -0.25) is 14.4 Å². The molecular weight excluding hydrogens is 1010 g/mol. The molecule has 0 saturated heterocycles. The van der Waals surface area contributed by atoms with E-state index in [-0.39, 0.29) is 82.8 Å². The van der Waals surface area contributed by atoms with E-state index >= 15 is 0 Å². The summed E-state index contributed by atoms with van der Waals surface area (Å²) in [7, 11) is 0. The van der Waals surface area contributed by atoms with Gasteiger partial charge in [-0.15, -0.1) is 0 Å². The average Bonchev–Trinajstić information content (AvgIpc) is 3.38. The number of carbonyl (C=O) groups is 3. The number of benzene rings is 6. The molecule has 0 spiro atoms. The first-order chi connectivity index (χ1) is 35.7. The number of hydrogen-bond acceptors (Lipinski definition) is 9. The molecule has 6 aromatic rings. The molecular formula is C62H71BCl2F2NO8. The molecule has 0 unspecified atom stereocenters. The van der Waals surface area contributed by atoms with Crippen LogP contribution in [-0.4, -0.2) is 64.4 Å². The van der Waals surface area contributed by atoms with Gasteiger partial charge in [0.1, 0.15) is 30.4 Å². The number of esters is 3. The molecule has 0 fully saturated rings. The Morgan fingerprint density at radius 1 is 0.553 bits per heavy atom. The maximum Gasteiger partial charge on any atom is 0.314 e. The van der Waals surface area contributed by atoms with Gasteiger partial charge in [-0.05, 0) is 150 Å². The second-order valence-corrected chi connectivity index (χ2v) is 21.3.